The first-order valence-corrected chi connectivity index (χ1v) is 11.5. The fourth-order valence-electron chi connectivity index (χ4n) is 4.91. The van der Waals surface area contributed by atoms with Crippen LogP contribution < -0.4 is 14.5 Å². The van der Waals surface area contributed by atoms with Crippen LogP contribution in [0.5, 0.6) is 5.75 Å². The van der Waals surface area contributed by atoms with Gasteiger partial charge in [-0.05, 0) is 85.5 Å². The Labute approximate surface area is 192 Å². The van der Waals surface area contributed by atoms with Gasteiger partial charge in [-0.3, -0.25) is 4.79 Å². The third-order valence-corrected chi connectivity index (χ3v) is 6.76. The number of piperidine rings is 1. The molecule has 0 saturated carbocycles. The molecule has 1 N–H and O–H groups in total. The summed E-state index contributed by atoms with van der Waals surface area (Å²) in [7, 11) is 1.66. The second kappa shape index (κ2) is 7.96. The molecular weight excluding hydrogens is 412 g/mol. The van der Waals surface area contributed by atoms with E-state index in [-0.39, 0.29) is 5.91 Å². The summed E-state index contributed by atoms with van der Waals surface area (Å²) in [6.07, 6.45) is 3.79. The minimum Gasteiger partial charge on any atom is -0.497 e. The van der Waals surface area contributed by atoms with E-state index in [0.29, 0.717) is 6.54 Å². The molecule has 2 aliphatic heterocycles. The van der Waals surface area contributed by atoms with Crippen molar-refractivity contribution < 1.29 is 9.53 Å². The molecule has 6 rings (SSSR count). The predicted molar refractivity (Wildman–Crippen MR) is 131 cm³/mol. The van der Waals surface area contributed by atoms with Crippen LogP contribution in [-0.4, -0.2) is 36.1 Å². The number of nitrogens with zero attached hydrogens (tertiary/aromatic N) is 3. The Kier molecular flexibility index (Phi) is 4.79. The molecule has 0 bridgehead atoms. The van der Waals surface area contributed by atoms with Crippen LogP contribution in [0.3, 0.4) is 0 Å². The van der Waals surface area contributed by atoms with Gasteiger partial charge in [-0.15, -0.1) is 0 Å². The van der Waals surface area contributed by atoms with Crippen molar-refractivity contribution in [3.05, 3.63) is 71.8 Å². The molecule has 0 spiro atoms. The summed E-state index contributed by atoms with van der Waals surface area (Å²) in [6.45, 7) is 2.79. The van der Waals surface area contributed by atoms with Crippen LogP contribution in [0, 0.1) is 0 Å². The number of rotatable bonds is 4. The number of amides is 1. The summed E-state index contributed by atoms with van der Waals surface area (Å²) in [5.74, 6) is 1.67. The van der Waals surface area contributed by atoms with Gasteiger partial charge >= 0.3 is 0 Å². The van der Waals surface area contributed by atoms with E-state index in [2.05, 4.69) is 22.0 Å². The highest BCUT2D eigenvalue weighted by molar-refractivity contribution is 6.10. The van der Waals surface area contributed by atoms with Gasteiger partial charge in [-0.25, -0.2) is 4.98 Å². The zero-order chi connectivity index (χ0) is 22.4. The monoisotopic (exact) mass is 438 g/mol. The summed E-state index contributed by atoms with van der Waals surface area (Å²) in [4.78, 5) is 25.6. The summed E-state index contributed by atoms with van der Waals surface area (Å²) in [5.41, 5.74) is 6.78. The Morgan fingerprint density at radius 1 is 0.909 bits per heavy atom. The molecule has 0 atom stereocenters. The van der Waals surface area contributed by atoms with Crippen molar-refractivity contribution in [1.82, 2.24) is 9.97 Å². The summed E-state index contributed by atoms with van der Waals surface area (Å²) in [6, 6.07) is 20.1. The number of nitrogens with one attached hydrogen (secondary N) is 1. The van der Waals surface area contributed by atoms with Gasteiger partial charge in [0.1, 0.15) is 11.6 Å². The molecule has 1 aromatic heterocycles. The minimum atomic E-state index is 0.0560. The highest BCUT2D eigenvalue weighted by atomic mass is 16.5. The van der Waals surface area contributed by atoms with Crippen molar-refractivity contribution in [2.45, 2.75) is 25.8 Å². The Morgan fingerprint density at radius 3 is 2.48 bits per heavy atom. The first kappa shape index (κ1) is 19.9. The number of hydrogen-bond acceptors (Lipinski definition) is 4. The van der Waals surface area contributed by atoms with E-state index in [1.54, 1.807) is 7.11 Å². The van der Waals surface area contributed by atoms with Gasteiger partial charge in [0.15, 0.2) is 0 Å². The summed E-state index contributed by atoms with van der Waals surface area (Å²) in [5, 5.41) is 0. The maximum absolute atomic E-state index is 13.2. The quantitative estimate of drug-likeness (QED) is 0.464. The van der Waals surface area contributed by atoms with E-state index in [1.165, 1.54) is 24.9 Å². The number of carbonyl (C=O) groups is 1. The Bertz CT molecular complexity index is 1340. The third kappa shape index (κ3) is 3.52. The normalized spacial score (nSPS) is 15.8. The highest BCUT2D eigenvalue weighted by Crippen LogP contribution is 2.33. The zero-order valence-electron chi connectivity index (χ0n) is 18.7. The number of anilines is 2. The van der Waals surface area contributed by atoms with E-state index in [9.17, 15) is 4.79 Å². The van der Waals surface area contributed by atoms with Crippen LogP contribution in [0.4, 0.5) is 11.4 Å². The second-order valence-corrected chi connectivity index (χ2v) is 8.80. The van der Waals surface area contributed by atoms with Crippen molar-refractivity contribution in [1.29, 1.82) is 0 Å². The maximum Gasteiger partial charge on any atom is 0.258 e. The van der Waals surface area contributed by atoms with Crippen LogP contribution in [0.1, 0.15) is 35.2 Å². The van der Waals surface area contributed by atoms with Crippen LogP contribution in [0.15, 0.2) is 60.7 Å². The molecule has 1 saturated heterocycles. The van der Waals surface area contributed by atoms with Gasteiger partial charge in [0.25, 0.3) is 5.91 Å². The highest BCUT2D eigenvalue weighted by Gasteiger charge is 2.29. The van der Waals surface area contributed by atoms with Gasteiger partial charge in [0.2, 0.25) is 0 Å². The summed E-state index contributed by atoms with van der Waals surface area (Å²) >= 11 is 0. The van der Waals surface area contributed by atoms with E-state index >= 15 is 0 Å². The lowest BCUT2D eigenvalue weighted by Crippen LogP contribution is -2.29. The molecule has 3 heterocycles. The number of H-pyrrole nitrogens is 1. The topological polar surface area (TPSA) is 61.5 Å². The van der Waals surface area contributed by atoms with Gasteiger partial charge in [-0.1, -0.05) is 0 Å². The second-order valence-electron chi connectivity index (χ2n) is 8.80. The number of aromatic nitrogens is 2. The van der Waals surface area contributed by atoms with E-state index in [0.717, 1.165) is 58.1 Å². The number of benzene rings is 3. The molecule has 1 fully saturated rings. The third-order valence-electron chi connectivity index (χ3n) is 6.76. The zero-order valence-corrected chi connectivity index (χ0v) is 18.7. The lowest BCUT2D eigenvalue weighted by atomic mass is 10.1. The number of imidazole rings is 1. The van der Waals surface area contributed by atoms with Gasteiger partial charge in [0, 0.05) is 35.6 Å². The molecule has 0 aliphatic carbocycles. The largest absolute Gasteiger partial charge is 0.497 e. The smallest absolute Gasteiger partial charge is 0.258 e. The standard InChI is InChI=1S/C27H26N4O2/c1-33-22-9-5-18(6-10-22)26-28-24-12-8-21(16-25(24)29-26)31-17-19-15-20(7-11-23(19)27(31)32)30-13-3-2-4-14-30/h5-12,15-16H,2-4,13-14,17H2,1H3,(H,28,29). The molecule has 3 aromatic carbocycles. The molecule has 6 nitrogen and oxygen atoms in total. The SMILES string of the molecule is COc1ccc(-c2nc3cc(N4Cc5cc(N6CCCCC6)ccc5C4=O)ccc3[nH]2)cc1. The fraction of sp³-hybridized carbons (Fsp3) is 0.259. The molecule has 0 unspecified atom stereocenters. The Morgan fingerprint density at radius 2 is 1.70 bits per heavy atom. The molecule has 1 amide bonds. The van der Waals surface area contributed by atoms with Crippen molar-refractivity contribution in [2.24, 2.45) is 0 Å². The average Bonchev–Trinajstić information content (AvgIpc) is 3.45. The Balaban J connectivity index is 1.28. The van der Waals surface area contributed by atoms with Gasteiger partial charge < -0.3 is 19.5 Å². The van der Waals surface area contributed by atoms with Crippen LogP contribution >= 0.6 is 0 Å². The summed E-state index contributed by atoms with van der Waals surface area (Å²) < 4.78 is 5.24. The Hall–Kier alpha value is -3.80. The van der Waals surface area contributed by atoms with Crippen LogP contribution in [0.25, 0.3) is 22.4 Å². The molecule has 33 heavy (non-hydrogen) atoms. The van der Waals surface area contributed by atoms with E-state index in [1.807, 2.05) is 53.4 Å². The van der Waals surface area contributed by atoms with Crippen LogP contribution in [0.2, 0.25) is 0 Å². The predicted octanol–water partition coefficient (Wildman–Crippen LogP) is 5.39. The first-order valence-electron chi connectivity index (χ1n) is 11.5. The minimum absolute atomic E-state index is 0.0560. The number of hydrogen-bond donors (Lipinski definition) is 1. The number of aromatic amines is 1. The number of ether oxygens (including phenoxy) is 1. The lowest BCUT2D eigenvalue weighted by molar-refractivity contribution is 0.0996. The molecule has 6 heteroatoms. The number of fused-ring (bicyclic) bond motifs is 2. The van der Waals surface area contributed by atoms with E-state index in [4.69, 9.17) is 9.72 Å². The van der Waals surface area contributed by atoms with Crippen molar-refractivity contribution in [2.75, 3.05) is 30.0 Å². The first-order chi connectivity index (χ1) is 16.2. The molecule has 166 valence electrons. The number of carbonyl (C=O) groups excluding carboxylic acids is 1. The molecule has 0 radical (unpaired) electrons. The van der Waals surface area contributed by atoms with Crippen molar-refractivity contribution in [3.63, 3.8) is 0 Å². The van der Waals surface area contributed by atoms with Gasteiger partial charge in [0.05, 0.1) is 24.7 Å². The maximum atomic E-state index is 13.2. The average molecular weight is 439 g/mol. The number of methoxy groups -OCH3 is 1. The van der Waals surface area contributed by atoms with Crippen molar-refractivity contribution >= 4 is 28.3 Å². The molecule has 2 aliphatic rings. The van der Waals surface area contributed by atoms with Crippen molar-refractivity contribution in [3.8, 4) is 17.1 Å². The van der Waals surface area contributed by atoms with Gasteiger partial charge in [-0.2, -0.15) is 0 Å². The lowest BCUT2D eigenvalue weighted by Gasteiger charge is -2.29. The fourth-order valence-corrected chi connectivity index (χ4v) is 4.91. The van der Waals surface area contributed by atoms with Crippen LogP contribution in [-0.2, 0) is 6.54 Å². The van der Waals surface area contributed by atoms with E-state index < -0.39 is 0 Å². The molecular formula is C27H26N4O2. The molecule has 4 aromatic rings.